The Bertz CT molecular complexity index is 654. The van der Waals surface area contributed by atoms with E-state index in [2.05, 4.69) is 15.5 Å². The van der Waals surface area contributed by atoms with Gasteiger partial charge in [-0.15, -0.1) is 0 Å². The zero-order valence-corrected chi connectivity index (χ0v) is 9.72. The fraction of sp³-hybridized carbons (Fsp3) is 0.0909. The summed E-state index contributed by atoms with van der Waals surface area (Å²) in [6.07, 6.45) is 0. The second kappa shape index (κ2) is 4.63. The minimum atomic E-state index is -1.34. The highest BCUT2D eigenvalue weighted by Gasteiger charge is 2.18. The Morgan fingerprint density at radius 1 is 1.26 bits per heavy atom. The molecular formula is C11H9F3N4O. The zero-order chi connectivity index (χ0) is 14.2. The standard InChI is InChI=1S/C11H9F3N4O/c1-4-9(15)10(18-17-4)11(19)16-8-3-6(13)5(12)2-7(8)14/h2-3H,15H2,1H3,(H,16,19)(H,17,18). The number of amides is 1. The molecule has 0 aliphatic carbocycles. The molecule has 1 aromatic heterocycles. The molecule has 2 aromatic rings. The lowest BCUT2D eigenvalue weighted by Gasteiger charge is -2.06. The zero-order valence-electron chi connectivity index (χ0n) is 9.72. The van der Waals surface area contributed by atoms with Gasteiger partial charge in [-0.3, -0.25) is 9.89 Å². The maximum Gasteiger partial charge on any atom is 0.278 e. The lowest BCUT2D eigenvalue weighted by atomic mass is 10.2. The SMILES string of the molecule is Cc1[nH]nc(C(=O)Nc2cc(F)c(F)cc2F)c1N. The van der Waals surface area contributed by atoms with E-state index in [1.165, 1.54) is 0 Å². The number of rotatable bonds is 2. The van der Waals surface area contributed by atoms with E-state index in [1.807, 2.05) is 0 Å². The summed E-state index contributed by atoms with van der Waals surface area (Å²) in [6.45, 7) is 1.59. The van der Waals surface area contributed by atoms with Crippen LogP contribution in [0.5, 0.6) is 0 Å². The van der Waals surface area contributed by atoms with Crippen molar-refractivity contribution in [2.24, 2.45) is 0 Å². The number of carbonyl (C=O) groups is 1. The Morgan fingerprint density at radius 2 is 1.89 bits per heavy atom. The van der Waals surface area contributed by atoms with Gasteiger partial charge in [-0.25, -0.2) is 13.2 Å². The first-order chi connectivity index (χ1) is 8.90. The van der Waals surface area contributed by atoms with Crippen molar-refractivity contribution >= 4 is 17.3 Å². The molecule has 19 heavy (non-hydrogen) atoms. The van der Waals surface area contributed by atoms with Crippen molar-refractivity contribution in [3.8, 4) is 0 Å². The number of carbonyl (C=O) groups excluding carboxylic acids is 1. The molecule has 2 rings (SSSR count). The van der Waals surface area contributed by atoms with Gasteiger partial charge < -0.3 is 11.1 Å². The van der Waals surface area contributed by atoms with Crippen LogP contribution in [0.2, 0.25) is 0 Å². The number of benzene rings is 1. The van der Waals surface area contributed by atoms with Crippen LogP contribution >= 0.6 is 0 Å². The molecule has 0 fully saturated rings. The number of nitrogen functional groups attached to an aromatic ring is 1. The molecule has 100 valence electrons. The van der Waals surface area contributed by atoms with E-state index in [4.69, 9.17) is 5.73 Å². The van der Waals surface area contributed by atoms with Crippen LogP contribution in [0, 0.1) is 24.4 Å². The van der Waals surface area contributed by atoms with Gasteiger partial charge in [0.1, 0.15) is 5.82 Å². The molecule has 0 radical (unpaired) electrons. The topological polar surface area (TPSA) is 83.8 Å². The van der Waals surface area contributed by atoms with Crippen molar-refractivity contribution in [1.82, 2.24) is 10.2 Å². The van der Waals surface area contributed by atoms with Gasteiger partial charge in [0.2, 0.25) is 0 Å². The van der Waals surface area contributed by atoms with Crippen LogP contribution in [-0.2, 0) is 0 Å². The van der Waals surface area contributed by atoms with Gasteiger partial charge in [-0.05, 0) is 6.92 Å². The molecule has 1 heterocycles. The lowest BCUT2D eigenvalue weighted by molar-refractivity contribution is 0.102. The maximum atomic E-state index is 13.3. The Balaban J connectivity index is 2.29. The number of aromatic amines is 1. The number of nitrogens with two attached hydrogens (primary N) is 1. The first-order valence-electron chi connectivity index (χ1n) is 5.16. The molecule has 0 atom stereocenters. The van der Waals surface area contributed by atoms with Crippen molar-refractivity contribution in [1.29, 1.82) is 0 Å². The third-order valence-electron chi connectivity index (χ3n) is 2.47. The van der Waals surface area contributed by atoms with Gasteiger partial charge in [0, 0.05) is 12.1 Å². The minimum Gasteiger partial charge on any atom is -0.395 e. The predicted octanol–water partition coefficient (Wildman–Crippen LogP) is 1.97. The van der Waals surface area contributed by atoms with Gasteiger partial charge in [-0.1, -0.05) is 0 Å². The smallest absolute Gasteiger partial charge is 0.278 e. The molecule has 4 N–H and O–H groups in total. The van der Waals surface area contributed by atoms with Crippen LogP contribution in [0.3, 0.4) is 0 Å². The van der Waals surface area contributed by atoms with Crippen molar-refractivity contribution < 1.29 is 18.0 Å². The van der Waals surface area contributed by atoms with Gasteiger partial charge in [0.05, 0.1) is 17.1 Å². The van der Waals surface area contributed by atoms with Crippen molar-refractivity contribution in [3.63, 3.8) is 0 Å². The Hall–Kier alpha value is -2.51. The summed E-state index contributed by atoms with van der Waals surface area (Å²) in [5, 5.41) is 8.17. The summed E-state index contributed by atoms with van der Waals surface area (Å²) < 4.78 is 39.0. The highest BCUT2D eigenvalue weighted by Crippen LogP contribution is 2.20. The van der Waals surface area contributed by atoms with Crippen LogP contribution < -0.4 is 11.1 Å². The second-order valence-corrected chi connectivity index (χ2v) is 3.81. The van der Waals surface area contributed by atoms with Gasteiger partial charge >= 0.3 is 0 Å². The Morgan fingerprint density at radius 3 is 2.47 bits per heavy atom. The molecule has 0 saturated heterocycles. The number of anilines is 2. The number of hydrogen-bond donors (Lipinski definition) is 3. The van der Waals surface area contributed by atoms with Crippen LogP contribution in [0.1, 0.15) is 16.2 Å². The van der Waals surface area contributed by atoms with Crippen LogP contribution in [-0.4, -0.2) is 16.1 Å². The fourth-order valence-corrected chi connectivity index (χ4v) is 1.41. The summed E-state index contributed by atoms with van der Waals surface area (Å²) in [4.78, 5) is 11.7. The summed E-state index contributed by atoms with van der Waals surface area (Å²) in [5.74, 6) is -4.54. The molecule has 0 aliphatic heterocycles. The molecule has 1 aromatic carbocycles. The predicted molar refractivity (Wildman–Crippen MR) is 62.0 cm³/mol. The number of nitrogens with zero attached hydrogens (tertiary/aromatic N) is 1. The fourth-order valence-electron chi connectivity index (χ4n) is 1.41. The Labute approximate surface area is 105 Å². The molecule has 5 nitrogen and oxygen atoms in total. The molecule has 0 saturated carbocycles. The molecule has 0 aliphatic rings. The number of H-pyrrole nitrogens is 1. The van der Waals surface area contributed by atoms with Gasteiger partial charge in [-0.2, -0.15) is 5.10 Å². The number of nitrogens with one attached hydrogen (secondary N) is 2. The summed E-state index contributed by atoms with van der Waals surface area (Å²) in [5.41, 5.74) is 5.49. The second-order valence-electron chi connectivity index (χ2n) is 3.81. The normalized spacial score (nSPS) is 10.5. The summed E-state index contributed by atoms with van der Waals surface area (Å²) in [6, 6.07) is 0.877. The van der Waals surface area contributed by atoms with Gasteiger partial charge in [0.25, 0.3) is 5.91 Å². The van der Waals surface area contributed by atoms with Crippen molar-refractivity contribution in [3.05, 3.63) is 41.0 Å². The van der Waals surface area contributed by atoms with Crippen LogP contribution in [0.15, 0.2) is 12.1 Å². The largest absolute Gasteiger partial charge is 0.395 e. The van der Waals surface area contributed by atoms with Gasteiger partial charge in [0.15, 0.2) is 17.3 Å². The first kappa shape index (κ1) is 12.9. The average Bonchev–Trinajstić information content (AvgIpc) is 2.67. The average molecular weight is 270 g/mol. The summed E-state index contributed by atoms with van der Waals surface area (Å²) in [7, 11) is 0. The number of aryl methyl sites for hydroxylation is 1. The molecular weight excluding hydrogens is 261 g/mol. The highest BCUT2D eigenvalue weighted by atomic mass is 19.2. The molecule has 0 unspecified atom stereocenters. The third kappa shape index (κ3) is 2.37. The van der Waals surface area contributed by atoms with E-state index in [9.17, 15) is 18.0 Å². The van der Waals surface area contributed by atoms with Crippen molar-refractivity contribution in [2.45, 2.75) is 6.92 Å². The van der Waals surface area contributed by atoms with Crippen LogP contribution in [0.25, 0.3) is 0 Å². The Kier molecular flexibility index (Phi) is 3.16. The number of halogens is 3. The van der Waals surface area contributed by atoms with E-state index >= 15 is 0 Å². The van der Waals surface area contributed by atoms with E-state index < -0.39 is 29.0 Å². The number of aromatic nitrogens is 2. The maximum absolute atomic E-state index is 13.3. The van der Waals surface area contributed by atoms with E-state index in [1.54, 1.807) is 6.92 Å². The monoisotopic (exact) mass is 270 g/mol. The van der Waals surface area contributed by atoms with E-state index in [0.29, 0.717) is 17.8 Å². The molecule has 1 amide bonds. The van der Waals surface area contributed by atoms with E-state index in [-0.39, 0.29) is 11.4 Å². The highest BCUT2D eigenvalue weighted by molar-refractivity contribution is 6.06. The van der Waals surface area contributed by atoms with Crippen LogP contribution in [0.4, 0.5) is 24.5 Å². The quantitative estimate of drug-likeness (QED) is 0.729. The first-order valence-corrected chi connectivity index (χ1v) is 5.16. The van der Waals surface area contributed by atoms with E-state index in [0.717, 1.165) is 0 Å². The van der Waals surface area contributed by atoms with Crippen molar-refractivity contribution in [2.75, 3.05) is 11.1 Å². The number of hydrogen-bond acceptors (Lipinski definition) is 3. The minimum absolute atomic E-state index is 0.0977. The third-order valence-corrected chi connectivity index (χ3v) is 2.47. The lowest BCUT2D eigenvalue weighted by Crippen LogP contribution is -2.15. The molecule has 0 bridgehead atoms. The molecule has 0 spiro atoms. The molecule has 8 heteroatoms. The summed E-state index contributed by atoms with van der Waals surface area (Å²) >= 11 is 0.